The maximum absolute atomic E-state index is 13.8. The molecule has 3 heterocycles. The number of hydrogen-bond donors (Lipinski definition) is 1. The summed E-state index contributed by atoms with van der Waals surface area (Å²) in [5.74, 6) is -0.988. The lowest BCUT2D eigenvalue weighted by atomic mass is 10.1. The zero-order valence-corrected chi connectivity index (χ0v) is 22.4. The lowest BCUT2D eigenvalue weighted by Crippen LogP contribution is -2.19. The molecule has 0 unspecified atom stereocenters. The number of aryl methyl sites for hydroxylation is 1. The number of sulfonamides is 1. The second kappa shape index (κ2) is 10.2. The van der Waals surface area contributed by atoms with Gasteiger partial charge in [-0.05, 0) is 89.5 Å². The summed E-state index contributed by atoms with van der Waals surface area (Å²) in [7, 11) is -3.76. The normalized spacial score (nSPS) is 13.6. The number of pyridine rings is 2. The second-order valence-electron chi connectivity index (χ2n) is 8.85. The third-order valence-corrected chi connectivity index (χ3v) is 8.06. The van der Waals surface area contributed by atoms with E-state index in [2.05, 4.69) is 30.7 Å². The van der Waals surface area contributed by atoms with Crippen molar-refractivity contribution in [1.82, 2.24) is 14.6 Å². The monoisotopic (exact) mass is 586 g/mol. The molecule has 0 bridgehead atoms. The van der Waals surface area contributed by atoms with E-state index in [1.165, 1.54) is 10.6 Å². The summed E-state index contributed by atoms with van der Waals surface area (Å²) >= 11 is 3.10. The lowest BCUT2D eigenvalue weighted by molar-refractivity contribution is 0.0529. The predicted molar refractivity (Wildman–Crippen MR) is 142 cm³/mol. The first-order chi connectivity index (χ1) is 17.8. The third kappa shape index (κ3) is 5.52. The van der Waals surface area contributed by atoms with Crippen molar-refractivity contribution < 1.29 is 22.3 Å². The highest BCUT2D eigenvalue weighted by atomic mass is 79.9. The number of hydrogen-bond acceptors (Lipinski definition) is 6. The molecular weight excluding hydrogens is 563 g/mol. The molecule has 0 spiro atoms. The minimum Gasteiger partial charge on any atom is -0.462 e. The molecule has 37 heavy (non-hydrogen) atoms. The van der Waals surface area contributed by atoms with E-state index >= 15 is 0 Å². The van der Waals surface area contributed by atoms with E-state index in [0.717, 1.165) is 18.4 Å². The Kier molecular flexibility index (Phi) is 7.00. The maximum atomic E-state index is 13.8. The fourth-order valence-corrected chi connectivity index (χ4v) is 5.56. The number of fused-ring (bicyclic) bond motifs is 1. The van der Waals surface area contributed by atoms with E-state index in [9.17, 15) is 17.6 Å². The molecule has 1 aromatic carbocycles. The molecule has 3 aromatic heterocycles. The first-order valence-corrected chi connectivity index (χ1v) is 14.3. The van der Waals surface area contributed by atoms with Crippen molar-refractivity contribution in [2.24, 2.45) is 0 Å². The average Bonchev–Trinajstić information content (AvgIpc) is 3.65. The highest BCUT2D eigenvalue weighted by molar-refractivity contribution is 9.10. The smallest absolute Gasteiger partial charge is 0.342 e. The van der Waals surface area contributed by atoms with Gasteiger partial charge in [0.15, 0.2) is 0 Å². The molecule has 0 amide bonds. The van der Waals surface area contributed by atoms with Crippen molar-refractivity contribution in [3.8, 4) is 11.3 Å². The second-order valence-corrected chi connectivity index (χ2v) is 11.5. The number of rotatable bonds is 9. The fraction of sp³-hybridized carbons (Fsp3) is 0.269. The molecule has 1 fully saturated rings. The summed E-state index contributed by atoms with van der Waals surface area (Å²) in [5, 5.41) is 4.60. The zero-order chi connectivity index (χ0) is 26.2. The van der Waals surface area contributed by atoms with Gasteiger partial charge in [-0.1, -0.05) is 6.07 Å². The van der Waals surface area contributed by atoms with E-state index in [1.807, 2.05) is 6.07 Å². The summed E-state index contributed by atoms with van der Waals surface area (Å²) in [6, 6.07) is 9.93. The lowest BCUT2D eigenvalue weighted by Gasteiger charge is -2.13. The van der Waals surface area contributed by atoms with Crippen molar-refractivity contribution in [2.45, 2.75) is 32.1 Å². The summed E-state index contributed by atoms with van der Waals surface area (Å²) in [6.07, 6.45) is 6.83. The van der Waals surface area contributed by atoms with Gasteiger partial charge in [0, 0.05) is 18.0 Å². The molecule has 0 radical (unpaired) electrons. The molecule has 0 atom stereocenters. The van der Waals surface area contributed by atoms with E-state index in [0.29, 0.717) is 38.1 Å². The van der Waals surface area contributed by atoms with Crippen LogP contribution in [0.5, 0.6) is 0 Å². The van der Waals surface area contributed by atoms with Gasteiger partial charge >= 0.3 is 5.97 Å². The first kappa shape index (κ1) is 25.3. The molecule has 1 saturated carbocycles. The summed E-state index contributed by atoms with van der Waals surface area (Å²) < 4.78 is 49.7. The highest BCUT2D eigenvalue weighted by Gasteiger charge is 2.31. The number of benzene rings is 1. The molecule has 1 aliphatic rings. The Bertz CT molecular complexity index is 1590. The van der Waals surface area contributed by atoms with Crippen molar-refractivity contribution in [3.63, 3.8) is 0 Å². The van der Waals surface area contributed by atoms with Gasteiger partial charge < -0.3 is 4.74 Å². The molecule has 0 saturated heterocycles. The average molecular weight is 587 g/mol. The Morgan fingerprint density at radius 2 is 2.08 bits per heavy atom. The Morgan fingerprint density at radius 1 is 1.27 bits per heavy atom. The largest absolute Gasteiger partial charge is 0.462 e. The van der Waals surface area contributed by atoms with Crippen LogP contribution >= 0.6 is 15.9 Å². The van der Waals surface area contributed by atoms with Crippen LogP contribution in [0, 0.1) is 5.82 Å². The zero-order valence-electron chi connectivity index (χ0n) is 19.9. The summed E-state index contributed by atoms with van der Waals surface area (Å²) in [6.45, 7) is 1.94. The topological polar surface area (TPSA) is 103 Å². The number of nitrogens with one attached hydrogen (secondary N) is 1. The van der Waals surface area contributed by atoms with Crippen LogP contribution in [0.4, 0.5) is 10.1 Å². The molecule has 1 N–H and O–H groups in total. The molecule has 5 rings (SSSR count). The van der Waals surface area contributed by atoms with E-state index < -0.39 is 21.8 Å². The number of nitrogens with zero attached hydrogens (tertiary/aromatic N) is 3. The number of halogens is 2. The SMILES string of the molecule is CCOC(=O)c1c(-c2cccnc2)nn2cc(NS(=O)(=O)CCc3ccc(Br)c(F)c3)c(C3CC3)cc12. The van der Waals surface area contributed by atoms with E-state index in [-0.39, 0.29) is 24.7 Å². The molecule has 0 aliphatic heterocycles. The van der Waals surface area contributed by atoms with Gasteiger partial charge in [-0.15, -0.1) is 0 Å². The van der Waals surface area contributed by atoms with Crippen molar-refractivity contribution >= 4 is 43.1 Å². The number of carbonyl (C=O) groups is 1. The van der Waals surface area contributed by atoms with Crippen LogP contribution in [0.25, 0.3) is 16.8 Å². The van der Waals surface area contributed by atoms with Gasteiger partial charge in [0.1, 0.15) is 17.1 Å². The summed E-state index contributed by atoms with van der Waals surface area (Å²) in [4.78, 5) is 17.1. The molecule has 192 valence electrons. The van der Waals surface area contributed by atoms with Gasteiger partial charge in [-0.3, -0.25) is 9.71 Å². The highest BCUT2D eigenvalue weighted by Crippen LogP contribution is 2.45. The number of carbonyl (C=O) groups excluding carboxylic acids is 1. The molecule has 8 nitrogen and oxygen atoms in total. The van der Waals surface area contributed by atoms with Crippen molar-refractivity contribution in [2.75, 3.05) is 17.1 Å². The molecule has 1 aliphatic carbocycles. The Balaban J connectivity index is 1.52. The number of aromatic nitrogens is 3. The van der Waals surface area contributed by atoms with Crippen LogP contribution in [0.3, 0.4) is 0 Å². The van der Waals surface area contributed by atoms with Crippen LogP contribution < -0.4 is 4.72 Å². The Morgan fingerprint density at radius 3 is 2.76 bits per heavy atom. The molecule has 11 heteroatoms. The standard InChI is InChI=1S/C26H24BrFN4O4S/c1-2-36-26(33)24-23-13-19(17-6-7-17)22(15-32(23)30-25(24)18-4-3-10-29-14-18)31-37(34,35)11-9-16-5-8-20(27)21(28)12-16/h3-5,8,10,12-15,17,31H,2,6-7,9,11H2,1H3. The Hall–Kier alpha value is -3.31. The van der Waals surface area contributed by atoms with Crippen molar-refractivity contribution in [1.29, 1.82) is 0 Å². The van der Waals surface area contributed by atoms with Gasteiger partial charge in [0.05, 0.1) is 34.2 Å². The van der Waals surface area contributed by atoms with Gasteiger partial charge in [-0.25, -0.2) is 22.1 Å². The van der Waals surface area contributed by atoms with Crippen LogP contribution in [0.15, 0.2) is 59.5 Å². The fourth-order valence-electron chi connectivity index (χ4n) is 4.20. The number of ether oxygens (including phenoxy) is 1. The Labute approximate surface area is 222 Å². The molecular formula is C26H24BrFN4O4S. The maximum Gasteiger partial charge on any atom is 0.342 e. The van der Waals surface area contributed by atoms with Gasteiger partial charge in [0.25, 0.3) is 0 Å². The predicted octanol–water partition coefficient (Wildman–Crippen LogP) is 5.34. The van der Waals surface area contributed by atoms with Gasteiger partial charge in [-0.2, -0.15) is 5.10 Å². The van der Waals surface area contributed by atoms with E-state index in [4.69, 9.17) is 4.74 Å². The van der Waals surface area contributed by atoms with Crippen LogP contribution in [0.2, 0.25) is 0 Å². The molecule has 4 aromatic rings. The number of esters is 1. The number of anilines is 1. The third-order valence-electron chi connectivity index (χ3n) is 6.14. The minimum absolute atomic E-state index is 0.153. The summed E-state index contributed by atoms with van der Waals surface area (Å²) in [5.41, 5.74) is 3.69. The quantitative estimate of drug-likeness (QED) is 0.266. The van der Waals surface area contributed by atoms with Crippen LogP contribution in [-0.4, -0.2) is 41.3 Å². The van der Waals surface area contributed by atoms with Crippen LogP contribution in [0.1, 0.15) is 47.2 Å². The first-order valence-electron chi connectivity index (χ1n) is 11.8. The van der Waals surface area contributed by atoms with E-state index in [1.54, 1.807) is 49.8 Å². The minimum atomic E-state index is -3.76. The van der Waals surface area contributed by atoms with Crippen molar-refractivity contribution in [3.05, 3.63) is 82.0 Å². The van der Waals surface area contributed by atoms with Gasteiger partial charge in [0.2, 0.25) is 10.0 Å². The van der Waals surface area contributed by atoms with Crippen LogP contribution in [-0.2, 0) is 21.2 Å².